The highest BCUT2D eigenvalue weighted by Crippen LogP contribution is 2.20. The van der Waals surface area contributed by atoms with E-state index in [4.69, 9.17) is 0 Å². The van der Waals surface area contributed by atoms with Gasteiger partial charge >= 0.3 is 0 Å². The van der Waals surface area contributed by atoms with Gasteiger partial charge in [-0.2, -0.15) is 5.10 Å². The van der Waals surface area contributed by atoms with Crippen molar-refractivity contribution in [3.05, 3.63) is 28.2 Å². The highest BCUT2D eigenvalue weighted by Gasteiger charge is 2.32. The van der Waals surface area contributed by atoms with Crippen molar-refractivity contribution in [2.45, 2.75) is 6.42 Å². The Morgan fingerprint density at radius 2 is 2.25 bits per heavy atom. The number of amides is 1. The van der Waals surface area contributed by atoms with Crippen LogP contribution >= 0.6 is 15.9 Å². The van der Waals surface area contributed by atoms with E-state index in [1.54, 1.807) is 12.1 Å². The lowest BCUT2D eigenvalue weighted by Crippen LogP contribution is -2.27. The molecule has 1 amide bonds. The minimum absolute atomic E-state index is 0.0367. The number of hydrogen-bond acceptors (Lipinski definition) is 5. The van der Waals surface area contributed by atoms with E-state index in [0.717, 1.165) is 4.47 Å². The van der Waals surface area contributed by atoms with Crippen LogP contribution in [0.4, 0.5) is 0 Å². The highest BCUT2D eigenvalue weighted by atomic mass is 79.9. The van der Waals surface area contributed by atoms with E-state index in [1.807, 2.05) is 0 Å². The van der Waals surface area contributed by atoms with Crippen molar-refractivity contribution < 1.29 is 18.3 Å². The molecule has 0 bridgehead atoms. The molecule has 1 atom stereocenters. The average Bonchev–Trinajstić information content (AvgIpc) is 2.74. The smallest absolute Gasteiger partial charge is 0.244 e. The molecule has 0 radical (unpaired) electrons. The molecular weight excluding hydrogens is 348 g/mol. The molecule has 108 valence electrons. The van der Waals surface area contributed by atoms with Crippen LogP contribution in [0.1, 0.15) is 12.0 Å². The van der Waals surface area contributed by atoms with E-state index >= 15 is 0 Å². The Kier molecular flexibility index (Phi) is 4.44. The van der Waals surface area contributed by atoms with Crippen molar-refractivity contribution in [3.63, 3.8) is 0 Å². The Labute approximate surface area is 124 Å². The predicted octanol–water partition coefficient (Wildman–Crippen LogP) is 1.04. The van der Waals surface area contributed by atoms with Crippen LogP contribution in [0.5, 0.6) is 5.75 Å². The lowest BCUT2D eigenvalue weighted by molar-refractivity contribution is -0.124. The Morgan fingerprint density at radius 3 is 2.90 bits per heavy atom. The fraction of sp³-hybridized carbons (Fsp3) is 0.333. The molecule has 1 aliphatic heterocycles. The summed E-state index contributed by atoms with van der Waals surface area (Å²) in [6, 6.07) is 4.82. The minimum Gasteiger partial charge on any atom is -0.507 e. The van der Waals surface area contributed by atoms with Gasteiger partial charge in [0.15, 0.2) is 9.84 Å². The molecule has 0 aromatic heterocycles. The predicted molar refractivity (Wildman–Crippen MR) is 78.3 cm³/mol. The van der Waals surface area contributed by atoms with Crippen molar-refractivity contribution in [3.8, 4) is 5.75 Å². The summed E-state index contributed by atoms with van der Waals surface area (Å²) in [5.74, 6) is -1.02. The summed E-state index contributed by atoms with van der Waals surface area (Å²) in [5.41, 5.74) is 2.74. The van der Waals surface area contributed by atoms with Crippen LogP contribution in [0, 0.1) is 5.92 Å². The van der Waals surface area contributed by atoms with E-state index < -0.39 is 21.7 Å². The lowest BCUT2D eigenvalue weighted by atomic mass is 10.1. The van der Waals surface area contributed by atoms with E-state index in [-0.39, 0.29) is 17.3 Å². The Bertz CT molecular complexity index is 657. The first-order valence-electron chi connectivity index (χ1n) is 5.89. The molecule has 1 saturated heterocycles. The fourth-order valence-electron chi connectivity index (χ4n) is 1.89. The summed E-state index contributed by atoms with van der Waals surface area (Å²) in [4.78, 5) is 11.7. The molecule has 0 unspecified atom stereocenters. The summed E-state index contributed by atoms with van der Waals surface area (Å²) < 4.78 is 23.3. The number of halogens is 1. The average molecular weight is 361 g/mol. The van der Waals surface area contributed by atoms with Gasteiger partial charge in [0.1, 0.15) is 5.75 Å². The van der Waals surface area contributed by atoms with Gasteiger partial charge in [-0.15, -0.1) is 0 Å². The van der Waals surface area contributed by atoms with Crippen LogP contribution < -0.4 is 5.43 Å². The lowest BCUT2D eigenvalue weighted by Gasteiger charge is -2.05. The second-order valence-electron chi connectivity index (χ2n) is 4.54. The van der Waals surface area contributed by atoms with E-state index in [2.05, 4.69) is 26.5 Å². The second kappa shape index (κ2) is 5.92. The van der Waals surface area contributed by atoms with Gasteiger partial charge in [0.2, 0.25) is 5.91 Å². The molecule has 8 heteroatoms. The molecule has 1 fully saturated rings. The number of carbonyl (C=O) groups is 1. The molecule has 2 N–H and O–H groups in total. The van der Waals surface area contributed by atoms with Gasteiger partial charge in [0, 0.05) is 10.0 Å². The summed E-state index contributed by atoms with van der Waals surface area (Å²) in [6.45, 7) is 0. The quantitative estimate of drug-likeness (QED) is 0.621. The van der Waals surface area contributed by atoms with Crippen LogP contribution in [0.3, 0.4) is 0 Å². The number of phenolic OH excluding ortho intramolecular Hbond substituents is 1. The zero-order chi connectivity index (χ0) is 14.8. The van der Waals surface area contributed by atoms with Gasteiger partial charge in [0.25, 0.3) is 0 Å². The molecule has 1 aliphatic rings. The summed E-state index contributed by atoms with van der Waals surface area (Å²) in [5, 5.41) is 13.3. The maximum atomic E-state index is 11.7. The molecule has 1 heterocycles. The monoisotopic (exact) mass is 360 g/mol. The SMILES string of the molecule is O=C(N/N=C/c1cc(Br)ccc1O)[C@H]1CCS(=O)(=O)C1. The van der Waals surface area contributed by atoms with Crippen molar-refractivity contribution in [1.29, 1.82) is 0 Å². The molecule has 0 saturated carbocycles. The van der Waals surface area contributed by atoms with Gasteiger partial charge in [-0.1, -0.05) is 15.9 Å². The van der Waals surface area contributed by atoms with Crippen LogP contribution in [0.25, 0.3) is 0 Å². The number of carbonyl (C=O) groups excluding carboxylic acids is 1. The van der Waals surface area contributed by atoms with Crippen molar-refractivity contribution >= 4 is 37.9 Å². The molecule has 20 heavy (non-hydrogen) atoms. The molecule has 1 aromatic rings. The first-order valence-corrected chi connectivity index (χ1v) is 8.51. The van der Waals surface area contributed by atoms with E-state index in [9.17, 15) is 18.3 Å². The number of rotatable bonds is 3. The third-order valence-electron chi connectivity index (χ3n) is 2.97. The molecule has 0 spiro atoms. The van der Waals surface area contributed by atoms with Crippen molar-refractivity contribution in [2.24, 2.45) is 11.0 Å². The molecular formula is C12H13BrN2O4S. The number of hydrogen-bond donors (Lipinski definition) is 2. The van der Waals surface area contributed by atoms with E-state index in [0.29, 0.717) is 12.0 Å². The zero-order valence-corrected chi connectivity index (χ0v) is 12.8. The maximum absolute atomic E-state index is 11.7. The normalized spacial score (nSPS) is 21.1. The Balaban J connectivity index is 1.97. The third-order valence-corrected chi connectivity index (χ3v) is 5.23. The van der Waals surface area contributed by atoms with Crippen LogP contribution in [-0.4, -0.2) is 37.2 Å². The first-order chi connectivity index (χ1) is 9.37. The van der Waals surface area contributed by atoms with Gasteiger partial charge in [0.05, 0.1) is 23.6 Å². The largest absolute Gasteiger partial charge is 0.507 e. The second-order valence-corrected chi connectivity index (χ2v) is 7.68. The maximum Gasteiger partial charge on any atom is 0.244 e. The minimum atomic E-state index is -3.09. The molecule has 2 rings (SSSR count). The van der Waals surface area contributed by atoms with Crippen molar-refractivity contribution in [1.82, 2.24) is 5.43 Å². The number of sulfone groups is 1. The summed E-state index contributed by atoms with van der Waals surface area (Å²) >= 11 is 3.26. The fourth-order valence-corrected chi connectivity index (χ4v) is 4.01. The van der Waals surface area contributed by atoms with Gasteiger partial charge in [-0.25, -0.2) is 13.8 Å². The molecule has 6 nitrogen and oxygen atoms in total. The zero-order valence-electron chi connectivity index (χ0n) is 10.4. The number of hydrazone groups is 1. The number of nitrogens with zero attached hydrogens (tertiary/aromatic N) is 1. The van der Waals surface area contributed by atoms with Crippen LogP contribution in [-0.2, 0) is 14.6 Å². The number of nitrogens with one attached hydrogen (secondary N) is 1. The van der Waals surface area contributed by atoms with Gasteiger partial charge in [-0.05, 0) is 24.6 Å². The molecule has 0 aliphatic carbocycles. The first kappa shape index (κ1) is 15.0. The van der Waals surface area contributed by atoms with Gasteiger partial charge in [-0.3, -0.25) is 4.79 Å². The van der Waals surface area contributed by atoms with Gasteiger partial charge < -0.3 is 5.11 Å². The number of phenols is 1. The number of benzene rings is 1. The standard InChI is InChI=1S/C12H13BrN2O4S/c13-10-1-2-11(16)9(5-10)6-14-15-12(17)8-3-4-20(18,19)7-8/h1-2,5-6,8,16H,3-4,7H2,(H,15,17)/b14-6+/t8-/m0/s1. The Morgan fingerprint density at radius 1 is 1.50 bits per heavy atom. The van der Waals surface area contributed by atoms with Crippen LogP contribution in [0.2, 0.25) is 0 Å². The summed E-state index contributed by atoms with van der Waals surface area (Å²) in [7, 11) is -3.09. The number of aromatic hydroxyl groups is 1. The summed E-state index contributed by atoms with van der Waals surface area (Å²) in [6.07, 6.45) is 1.63. The Hall–Kier alpha value is -1.41. The van der Waals surface area contributed by atoms with E-state index in [1.165, 1.54) is 12.3 Å². The third kappa shape index (κ3) is 3.80. The highest BCUT2D eigenvalue weighted by molar-refractivity contribution is 9.10. The van der Waals surface area contributed by atoms with Crippen LogP contribution in [0.15, 0.2) is 27.8 Å². The molecule has 1 aromatic carbocycles. The topological polar surface area (TPSA) is 95.8 Å². The van der Waals surface area contributed by atoms with Crippen molar-refractivity contribution in [2.75, 3.05) is 11.5 Å².